The summed E-state index contributed by atoms with van der Waals surface area (Å²) in [7, 11) is -3.61. The molecule has 0 aromatic heterocycles. The minimum atomic E-state index is -3.61. The zero-order chi connectivity index (χ0) is 33.5. The predicted molar refractivity (Wildman–Crippen MR) is 174 cm³/mol. The van der Waals surface area contributed by atoms with E-state index in [1.54, 1.807) is 58.0 Å². The van der Waals surface area contributed by atoms with Gasteiger partial charge in [0.2, 0.25) is 0 Å². The molecule has 1 aliphatic rings. The van der Waals surface area contributed by atoms with Crippen molar-refractivity contribution >= 4 is 25.6 Å². The van der Waals surface area contributed by atoms with Crippen molar-refractivity contribution in [2.45, 2.75) is 97.1 Å². The molecule has 12 heteroatoms. The average Bonchev–Trinajstić information content (AvgIpc) is 3.53. The zero-order valence-corrected chi connectivity index (χ0v) is 28.0. The fourth-order valence-electron chi connectivity index (χ4n) is 4.81. The number of alkyl carbamates (subject to hydrolysis) is 1. The summed E-state index contributed by atoms with van der Waals surface area (Å²) in [5, 5.41) is 14.8. The summed E-state index contributed by atoms with van der Waals surface area (Å²) in [4.78, 5) is 38.2. The first-order chi connectivity index (χ1) is 22.0. The Hall–Kier alpha value is -3.66. The topological polar surface area (TPSA) is 149 Å². The van der Waals surface area contributed by atoms with Crippen LogP contribution in [-0.4, -0.2) is 60.2 Å². The molecule has 2 aromatic rings. The fourth-order valence-corrected chi connectivity index (χ4v) is 6.71. The Balaban J connectivity index is 1.70. The summed E-state index contributed by atoms with van der Waals surface area (Å²) in [5.74, 6) is -0.806. The van der Waals surface area contributed by atoms with Crippen LogP contribution in [0.15, 0.2) is 66.2 Å². The van der Waals surface area contributed by atoms with Crippen LogP contribution < -0.4 is 14.9 Å². The molecule has 0 saturated heterocycles. The number of benzene rings is 2. The molecular formula is C34H47N2O9P. The van der Waals surface area contributed by atoms with Crippen LogP contribution in [0.25, 0.3) is 0 Å². The zero-order valence-electron chi connectivity index (χ0n) is 27.1. The van der Waals surface area contributed by atoms with E-state index in [2.05, 4.69) is 10.4 Å². The highest BCUT2D eigenvalue weighted by molar-refractivity contribution is 7.57. The number of allylic oxidation sites excluding steroid dienone is 1. The summed E-state index contributed by atoms with van der Waals surface area (Å²) in [6, 6.07) is 14.0. The maximum absolute atomic E-state index is 13.9. The molecule has 3 rings (SSSR count). The van der Waals surface area contributed by atoms with Crippen LogP contribution in [0, 0.1) is 0 Å². The summed E-state index contributed by atoms with van der Waals surface area (Å²) in [6.45, 7) is 6.71. The molecule has 2 aromatic carbocycles. The van der Waals surface area contributed by atoms with Crippen molar-refractivity contribution in [3.05, 3.63) is 77.4 Å². The highest BCUT2D eigenvalue weighted by Gasteiger charge is 2.31. The quantitative estimate of drug-likeness (QED) is 0.0819. The summed E-state index contributed by atoms with van der Waals surface area (Å²) in [5.41, 5.74) is 2.24. The normalized spacial score (nSPS) is 16.3. The van der Waals surface area contributed by atoms with Gasteiger partial charge >= 0.3 is 25.6 Å². The first kappa shape index (κ1) is 36.8. The largest absolute Gasteiger partial charge is 0.462 e. The summed E-state index contributed by atoms with van der Waals surface area (Å²) in [6.07, 6.45) is 4.62. The molecule has 0 radical (unpaired) electrons. The first-order valence-corrected chi connectivity index (χ1v) is 17.6. The van der Waals surface area contributed by atoms with E-state index in [4.69, 9.17) is 18.7 Å². The molecule has 1 aliphatic carbocycles. The van der Waals surface area contributed by atoms with Crippen LogP contribution >= 0.6 is 7.52 Å². The van der Waals surface area contributed by atoms with Gasteiger partial charge in [0.05, 0.1) is 18.9 Å². The Morgan fingerprint density at radius 1 is 0.978 bits per heavy atom. The van der Waals surface area contributed by atoms with Gasteiger partial charge in [-0.2, -0.15) is 0 Å². The van der Waals surface area contributed by atoms with Gasteiger partial charge in [-0.05, 0) is 83.1 Å². The van der Waals surface area contributed by atoms with Crippen LogP contribution in [0.5, 0.6) is 5.75 Å². The third-order valence-electron chi connectivity index (χ3n) is 7.25. The Labute approximate surface area is 271 Å². The van der Waals surface area contributed by atoms with E-state index < -0.39 is 37.6 Å². The van der Waals surface area contributed by atoms with Crippen molar-refractivity contribution in [2.24, 2.45) is 0 Å². The van der Waals surface area contributed by atoms with Gasteiger partial charge in [0.25, 0.3) is 0 Å². The van der Waals surface area contributed by atoms with E-state index in [-0.39, 0.29) is 43.8 Å². The maximum Gasteiger partial charge on any atom is 0.408 e. The molecule has 0 heterocycles. The molecule has 46 heavy (non-hydrogen) atoms. The molecule has 252 valence electrons. The Bertz CT molecular complexity index is 1340. The Kier molecular flexibility index (Phi) is 14.8. The predicted octanol–water partition coefficient (Wildman–Crippen LogP) is 5.84. The van der Waals surface area contributed by atoms with E-state index in [9.17, 15) is 24.1 Å². The number of aliphatic hydroxyl groups excluding tert-OH is 1. The number of carbonyl (C=O) groups excluding carboxylic acids is 3. The van der Waals surface area contributed by atoms with Gasteiger partial charge in [-0.3, -0.25) is 9.36 Å². The molecule has 0 bridgehead atoms. The van der Waals surface area contributed by atoms with Crippen LogP contribution in [-0.2, 0) is 41.4 Å². The molecule has 1 amide bonds. The van der Waals surface area contributed by atoms with Crippen LogP contribution in [0.3, 0.4) is 0 Å². The number of esters is 2. The van der Waals surface area contributed by atoms with Crippen molar-refractivity contribution < 1.29 is 42.8 Å². The number of aliphatic hydroxyl groups is 1. The number of rotatable bonds is 17. The van der Waals surface area contributed by atoms with Gasteiger partial charge in [-0.15, -0.1) is 0 Å². The number of amides is 1. The second-order valence-corrected chi connectivity index (χ2v) is 14.0. The van der Waals surface area contributed by atoms with E-state index in [1.165, 1.54) is 0 Å². The molecular weight excluding hydrogens is 611 g/mol. The minimum Gasteiger partial charge on any atom is -0.462 e. The maximum atomic E-state index is 13.9. The lowest BCUT2D eigenvalue weighted by Gasteiger charge is -2.24. The van der Waals surface area contributed by atoms with Gasteiger partial charge in [0.15, 0.2) is 0 Å². The molecule has 3 N–H and O–H groups in total. The number of nitrogens with one attached hydrogen (secondary N) is 2. The second-order valence-electron chi connectivity index (χ2n) is 11.8. The van der Waals surface area contributed by atoms with Gasteiger partial charge in [0.1, 0.15) is 30.5 Å². The molecule has 1 fully saturated rings. The van der Waals surface area contributed by atoms with Gasteiger partial charge in [0, 0.05) is 6.42 Å². The summed E-state index contributed by atoms with van der Waals surface area (Å²) >= 11 is 0. The highest BCUT2D eigenvalue weighted by atomic mass is 31.2. The van der Waals surface area contributed by atoms with Crippen molar-refractivity contribution in [3.63, 3.8) is 0 Å². The molecule has 1 unspecified atom stereocenters. The van der Waals surface area contributed by atoms with Crippen LogP contribution in [0.2, 0.25) is 0 Å². The van der Waals surface area contributed by atoms with Crippen molar-refractivity contribution in [2.75, 3.05) is 12.8 Å². The molecule has 3 atom stereocenters. The van der Waals surface area contributed by atoms with Crippen molar-refractivity contribution in [3.8, 4) is 5.75 Å². The van der Waals surface area contributed by atoms with Gasteiger partial charge in [-0.1, -0.05) is 54.1 Å². The fraction of sp³-hybridized carbons (Fsp3) is 0.500. The van der Waals surface area contributed by atoms with E-state index >= 15 is 0 Å². The molecule has 11 nitrogen and oxygen atoms in total. The standard InChI is InChI=1S/C34H47N2O9P/c1-24(2)43-32(38)26(4)36-46(41,20-10-11-25(3)22-37)45-30-18-16-27(17-19-30)21-31(33(39)44-29-14-8-9-15-29)35-34(40)42-23-28-12-6-5-7-13-28/h5-7,11-13,16-19,24,26,29,31,37H,8-10,14-15,20-23H2,1-4H3,(H,35,40)(H,36,41)/b25-11+/t26-,31-,46?/m0/s1. The van der Waals surface area contributed by atoms with Crippen LogP contribution in [0.4, 0.5) is 4.79 Å². The molecule has 0 aliphatic heterocycles. The van der Waals surface area contributed by atoms with Gasteiger partial charge in [-0.25, -0.2) is 14.7 Å². The highest BCUT2D eigenvalue weighted by Crippen LogP contribution is 2.44. The number of ether oxygens (including phenoxy) is 3. The van der Waals surface area contributed by atoms with E-state index in [0.717, 1.165) is 36.8 Å². The molecule has 1 saturated carbocycles. The minimum absolute atomic E-state index is 0.0559. The second kappa shape index (κ2) is 18.5. The van der Waals surface area contributed by atoms with E-state index in [0.29, 0.717) is 12.0 Å². The van der Waals surface area contributed by atoms with Crippen molar-refractivity contribution in [1.29, 1.82) is 0 Å². The average molecular weight is 659 g/mol. The third-order valence-corrected chi connectivity index (χ3v) is 9.39. The SMILES string of the molecule is C/C(=C\CCP(=O)(N[C@@H](C)C(=O)OC(C)C)Oc1ccc(C[C@H](NC(=O)OCc2ccccc2)C(=O)OC2CCCC2)cc1)CO. The monoisotopic (exact) mass is 658 g/mol. The number of hydrogen-bond acceptors (Lipinski definition) is 9. The third kappa shape index (κ3) is 13.0. The van der Waals surface area contributed by atoms with Crippen LogP contribution in [0.1, 0.15) is 70.9 Å². The van der Waals surface area contributed by atoms with Gasteiger partial charge < -0.3 is 29.2 Å². The summed E-state index contributed by atoms with van der Waals surface area (Å²) < 4.78 is 36.1. The lowest BCUT2D eigenvalue weighted by atomic mass is 10.1. The first-order valence-electron chi connectivity index (χ1n) is 15.8. The smallest absolute Gasteiger partial charge is 0.408 e. The number of hydrogen-bond donors (Lipinski definition) is 3. The lowest BCUT2D eigenvalue weighted by Crippen LogP contribution is -2.44. The Morgan fingerprint density at radius 2 is 1.65 bits per heavy atom. The Morgan fingerprint density at radius 3 is 2.28 bits per heavy atom. The number of carbonyl (C=O) groups is 3. The van der Waals surface area contributed by atoms with E-state index in [1.807, 2.05) is 30.3 Å². The lowest BCUT2D eigenvalue weighted by molar-refractivity contribution is -0.151. The van der Waals surface area contributed by atoms with Crippen molar-refractivity contribution in [1.82, 2.24) is 10.4 Å². The molecule has 0 spiro atoms.